The second-order valence-corrected chi connectivity index (χ2v) is 5.02. The highest BCUT2D eigenvalue weighted by Gasteiger charge is 2.11. The van der Waals surface area contributed by atoms with E-state index in [9.17, 15) is 9.70 Å². The molecule has 0 bridgehead atoms. The Morgan fingerprint density at radius 3 is 2.64 bits per heavy atom. The molecule has 0 unspecified atom stereocenters. The first-order valence-corrected chi connectivity index (χ1v) is 7.26. The van der Waals surface area contributed by atoms with E-state index in [1.807, 2.05) is 0 Å². The predicted molar refractivity (Wildman–Crippen MR) is 81.1 cm³/mol. The lowest BCUT2D eigenvalue weighted by Gasteiger charge is -2.06. The average molecular weight is 306 g/mol. The van der Waals surface area contributed by atoms with Gasteiger partial charge in [0, 0.05) is 13.0 Å². The van der Waals surface area contributed by atoms with Crippen molar-refractivity contribution in [3.8, 4) is 0 Å². The first-order valence-electron chi connectivity index (χ1n) is 7.26. The Bertz CT molecular complexity index is 641. The summed E-state index contributed by atoms with van der Waals surface area (Å²) in [6, 6.07) is 3.31. The van der Waals surface area contributed by atoms with Crippen molar-refractivity contribution in [3.05, 3.63) is 17.0 Å². The summed E-state index contributed by atoms with van der Waals surface area (Å²) >= 11 is 0. The van der Waals surface area contributed by atoms with Crippen molar-refractivity contribution < 1.29 is 14.5 Å². The third-order valence-electron chi connectivity index (χ3n) is 3.38. The Labute approximate surface area is 126 Å². The molecule has 2 aromatic rings. The number of nitroso groups, excluding NO2 is 1. The minimum Gasteiger partial charge on any atom is -0.481 e. The van der Waals surface area contributed by atoms with E-state index < -0.39 is 5.97 Å². The van der Waals surface area contributed by atoms with Crippen molar-refractivity contribution >= 4 is 28.4 Å². The van der Waals surface area contributed by atoms with E-state index in [0.717, 1.165) is 44.3 Å². The van der Waals surface area contributed by atoms with Crippen molar-refractivity contribution in [3.63, 3.8) is 0 Å². The zero-order chi connectivity index (χ0) is 15.8. The summed E-state index contributed by atoms with van der Waals surface area (Å²) in [6.07, 6.45) is 4.92. The van der Waals surface area contributed by atoms with Crippen LogP contribution < -0.4 is 5.32 Å². The molecule has 0 amide bonds. The summed E-state index contributed by atoms with van der Waals surface area (Å²) in [5.74, 6) is -0.736. The summed E-state index contributed by atoms with van der Waals surface area (Å²) < 4.78 is 4.65. The zero-order valence-electron chi connectivity index (χ0n) is 12.1. The zero-order valence-corrected chi connectivity index (χ0v) is 12.1. The van der Waals surface area contributed by atoms with E-state index in [4.69, 9.17) is 5.11 Å². The van der Waals surface area contributed by atoms with Crippen LogP contribution in [0.4, 0.5) is 11.4 Å². The van der Waals surface area contributed by atoms with Crippen LogP contribution in [-0.2, 0) is 4.79 Å². The number of carboxylic acid groups (broad SMARTS) is 1. The maximum absolute atomic E-state index is 10.6. The van der Waals surface area contributed by atoms with Gasteiger partial charge in [-0.1, -0.05) is 19.3 Å². The molecule has 0 aliphatic heterocycles. The molecule has 8 nitrogen and oxygen atoms in total. The molecule has 1 heterocycles. The van der Waals surface area contributed by atoms with Gasteiger partial charge in [0.2, 0.25) is 0 Å². The molecule has 0 spiro atoms. The Kier molecular flexibility index (Phi) is 5.81. The van der Waals surface area contributed by atoms with Crippen molar-refractivity contribution in [2.75, 3.05) is 11.9 Å². The maximum atomic E-state index is 10.6. The predicted octanol–water partition coefficient (Wildman–Crippen LogP) is 3.46. The van der Waals surface area contributed by atoms with Gasteiger partial charge in [-0.15, -0.1) is 4.91 Å². The topological polar surface area (TPSA) is 118 Å². The number of rotatable bonds is 10. The molecule has 8 heteroatoms. The molecule has 1 aromatic carbocycles. The third kappa shape index (κ3) is 4.24. The van der Waals surface area contributed by atoms with Crippen molar-refractivity contribution in [2.24, 2.45) is 5.18 Å². The quantitative estimate of drug-likeness (QED) is 0.509. The molecule has 0 saturated heterocycles. The monoisotopic (exact) mass is 306 g/mol. The van der Waals surface area contributed by atoms with E-state index in [1.54, 1.807) is 12.1 Å². The number of aromatic nitrogens is 2. The minimum absolute atomic E-state index is 0.209. The van der Waals surface area contributed by atoms with Gasteiger partial charge in [0.1, 0.15) is 5.69 Å². The molecule has 1 aromatic heterocycles. The molecule has 2 rings (SSSR count). The van der Waals surface area contributed by atoms with E-state index in [2.05, 4.69) is 25.4 Å². The van der Waals surface area contributed by atoms with Gasteiger partial charge in [0.05, 0.1) is 5.69 Å². The molecule has 22 heavy (non-hydrogen) atoms. The lowest BCUT2D eigenvalue weighted by atomic mass is 10.1. The van der Waals surface area contributed by atoms with Crippen LogP contribution in [0.2, 0.25) is 0 Å². The molecule has 0 radical (unpaired) electrons. The standard InChI is InChI=1S/C14H18N4O4/c19-12(20)6-4-2-1-3-5-9-15-10-7-8-11(16-21)14-13(10)17-22-18-14/h7-8,15H,1-6,9H2,(H,19,20). The normalized spacial score (nSPS) is 10.7. The first-order chi connectivity index (χ1) is 10.7. The lowest BCUT2D eigenvalue weighted by Crippen LogP contribution is -2.02. The molecule has 118 valence electrons. The Hall–Kier alpha value is -2.51. The maximum Gasteiger partial charge on any atom is 0.303 e. The Morgan fingerprint density at radius 2 is 1.86 bits per heavy atom. The number of nitrogens with zero attached hydrogens (tertiary/aromatic N) is 3. The molecular weight excluding hydrogens is 288 g/mol. The number of hydrogen-bond donors (Lipinski definition) is 2. The van der Waals surface area contributed by atoms with Crippen molar-refractivity contribution in [1.82, 2.24) is 10.3 Å². The number of unbranched alkanes of at least 4 members (excludes halogenated alkanes) is 4. The second-order valence-electron chi connectivity index (χ2n) is 5.02. The summed E-state index contributed by atoms with van der Waals surface area (Å²) in [5, 5.41) is 22.1. The highest BCUT2D eigenvalue weighted by molar-refractivity contribution is 5.94. The third-order valence-corrected chi connectivity index (χ3v) is 3.38. The van der Waals surface area contributed by atoms with E-state index in [0.29, 0.717) is 11.0 Å². The molecule has 2 N–H and O–H groups in total. The van der Waals surface area contributed by atoms with Crippen LogP contribution >= 0.6 is 0 Å². The molecule has 0 aliphatic rings. The first kappa shape index (κ1) is 15.9. The van der Waals surface area contributed by atoms with Crippen LogP contribution in [0.15, 0.2) is 21.9 Å². The van der Waals surface area contributed by atoms with E-state index >= 15 is 0 Å². The van der Waals surface area contributed by atoms with Crippen LogP contribution in [-0.4, -0.2) is 27.9 Å². The van der Waals surface area contributed by atoms with Crippen LogP contribution in [0.3, 0.4) is 0 Å². The van der Waals surface area contributed by atoms with E-state index in [-0.39, 0.29) is 12.1 Å². The van der Waals surface area contributed by atoms with Gasteiger partial charge in [-0.25, -0.2) is 4.63 Å². The SMILES string of the molecule is O=Nc1ccc(NCCCCCCCC(=O)O)c2nonc12. The molecule has 0 saturated carbocycles. The number of fused-ring (bicyclic) bond motifs is 1. The fourth-order valence-corrected chi connectivity index (χ4v) is 2.22. The lowest BCUT2D eigenvalue weighted by molar-refractivity contribution is -0.137. The number of benzene rings is 1. The summed E-state index contributed by atoms with van der Waals surface area (Å²) in [6.45, 7) is 0.759. The average Bonchev–Trinajstić information content (AvgIpc) is 2.99. The smallest absolute Gasteiger partial charge is 0.303 e. The fraction of sp³-hybridized carbons (Fsp3) is 0.500. The van der Waals surface area contributed by atoms with Gasteiger partial charge >= 0.3 is 5.97 Å². The van der Waals surface area contributed by atoms with Crippen LogP contribution in [0, 0.1) is 4.91 Å². The molecule has 0 aliphatic carbocycles. The van der Waals surface area contributed by atoms with E-state index in [1.165, 1.54) is 0 Å². The van der Waals surface area contributed by atoms with Gasteiger partial charge in [0.25, 0.3) is 0 Å². The van der Waals surface area contributed by atoms with Crippen LogP contribution in [0.5, 0.6) is 0 Å². The molecular formula is C14H18N4O4. The number of carboxylic acids is 1. The van der Waals surface area contributed by atoms with Gasteiger partial charge in [-0.3, -0.25) is 4.79 Å². The number of hydrogen-bond acceptors (Lipinski definition) is 7. The largest absolute Gasteiger partial charge is 0.481 e. The van der Waals surface area contributed by atoms with Gasteiger partial charge in [0.15, 0.2) is 11.0 Å². The fourth-order valence-electron chi connectivity index (χ4n) is 2.22. The van der Waals surface area contributed by atoms with Crippen LogP contribution in [0.1, 0.15) is 38.5 Å². The summed E-state index contributed by atoms with van der Waals surface area (Å²) in [7, 11) is 0. The van der Waals surface area contributed by atoms with Crippen molar-refractivity contribution in [1.29, 1.82) is 0 Å². The second kappa shape index (κ2) is 8.06. The highest BCUT2D eigenvalue weighted by atomic mass is 16.6. The summed E-state index contributed by atoms with van der Waals surface area (Å²) in [5.41, 5.74) is 1.82. The van der Waals surface area contributed by atoms with Gasteiger partial charge < -0.3 is 10.4 Å². The number of aliphatic carboxylic acids is 1. The summed E-state index contributed by atoms with van der Waals surface area (Å²) in [4.78, 5) is 21.0. The number of anilines is 1. The van der Waals surface area contributed by atoms with Crippen LogP contribution in [0.25, 0.3) is 11.0 Å². The van der Waals surface area contributed by atoms with Gasteiger partial charge in [-0.05, 0) is 40.5 Å². The molecule has 0 fully saturated rings. The Balaban J connectivity index is 1.73. The molecule has 0 atom stereocenters. The highest BCUT2D eigenvalue weighted by Crippen LogP contribution is 2.28. The number of carbonyl (C=O) groups is 1. The minimum atomic E-state index is -0.736. The van der Waals surface area contributed by atoms with Crippen molar-refractivity contribution in [2.45, 2.75) is 38.5 Å². The number of nitrogens with one attached hydrogen (secondary N) is 1. The Morgan fingerprint density at radius 1 is 1.14 bits per heavy atom. The van der Waals surface area contributed by atoms with Gasteiger partial charge in [-0.2, -0.15) is 0 Å².